The molecule has 4 aromatic rings. The summed E-state index contributed by atoms with van der Waals surface area (Å²) >= 11 is 0. The molecule has 1 aliphatic heterocycles. The van der Waals surface area contributed by atoms with Crippen molar-refractivity contribution in [2.24, 2.45) is 5.92 Å². The number of nitrogens with zero attached hydrogens (tertiary/aromatic N) is 7. The first-order valence-electron chi connectivity index (χ1n) is 12.4. The van der Waals surface area contributed by atoms with Crippen LogP contribution in [-0.4, -0.2) is 37.6 Å². The van der Waals surface area contributed by atoms with E-state index >= 15 is 0 Å². The molecule has 1 saturated carbocycles. The van der Waals surface area contributed by atoms with Gasteiger partial charge in [0.05, 0.1) is 18.0 Å². The molecule has 0 bridgehead atoms. The number of nitriles is 1. The van der Waals surface area contributed by atoms with E-state index in [0.29, 0.717) is 29.6 Å². The van der Waals surface area contributed by atoms with Gasteiger partial charge in [0, 0.05) is 48.7 Å². The van der Waals surface area contributed by atoms with E-state index < -0.39 is 5.95 Å². The van der Waals surface area contributed by atoms with Crippen LogP contribution in [0.3, 0.4) is 0 Å². The number of hydrogen-bond acceptors (Lipinski definition) is 7. The molecule has 6 rings (SSSR count). The summed E-state index contributed by atoms with van der Waals surface area (Å²) in [5.74, 6) is 1.13. The van der Waals surface area contributed by atoms with E-state index in [0.717, 1.165) is 73.7 Å². The van der Waals surface area contributed by atoms with Gasteiger partial charge < -0.3 is 14.8 Å². The van der Waals surface area contributed by atoms with Gasteiger partial charge in [-0.25, -0.2) is 15.0 Å². The second-order valence-electron chi connectivity index (χ2n) is 9.56. The van der Waals surface area contributed by atoms with Crippen LogP contribution in [0.25, 0.3) is 21.9 Å². The second-order valence-corrected chi connectivity index (χ2v) is 9.56. The van der Waals surface area contributed by atoms with E-state index in [1.165, 1.54) is 6.20 Å². The van der Waals surface area contributed by atoms with E-state index in [9.17, 15) is 4.39 Å². The second kappa shape index (κ2) is 9.10. The Kier molecular flexibility index (Phi) is 5.64. The molecule has 2 fully saturated rings. The van der Waals surface area contributed by atoms with Crippen LogP contribution in [0, 0.1) is 23.2 Å². The van der Waals surface area contributed by atoms with E-state index in [1.54, 1.807) is 6.20 Å². The van der Waals surface area contributed by atoms with E-state index in [4.69, 9.17) is 10.2 Å². The average Bonchev–Trinajstić information content (AvgIpc) is 3.52. The molecule has 2 aliphatic rings. The summed E-state index contributed by atoms with van der Waals surface area (Å²) in [5.41, 5.74) is 2.32. The van der Waals surface area contributed by atoms with Crippen molar-refractivity contribution in [1.29, 1.82) is 5.26 Å². The van der Waals surface area contributed by atoms with E-state index in [1.807, 2.05) is 22.9 Å². The monoisotopic (exact) mass is 470 g/mol. The lowest BCUT2D eigenvalue weighted by Crippen LogP contribution is -2.33. The van der Waals surface area contributed by atoms with E-state index in [-0.39, 0.29) is 6.04 Å². The molecule has 178 valence electrons. The maximum Gasteiger partial charge on any atom is 0.237 e. The molecule has 1 saturated heterocycles. The third-order valence-corrected chi connectivity index (χ3v) is 7.44. The summed E-state index contributed by atoms with van der Waals surface area (Å²) in [7, 11) is 0. The first-order chi connectivity index (χ1) is 17.2. The molecule has 35 heavy (non-hydrogen) atoms. The zero-order valence-electron chi connectivity index (χ0n) is 19.5. The van der Waals surface area contributed by atoms with Crippen LogP contribution >= 0.6 is 0 Å². The van der Waals surface area contributed by atoms with Crippen molar-refractivity contribution in [3.63, 3.8) is 0 Å². The molecule has 0 aromatic carbocycles. The standard InChI is InChI=1S/C26H27FN8/c27-24-23-20(8-12-29-24)21-16-31-26(33-25(21)35(23)18-3-1-2-4-18)32-22-6-5-19(15-30-22)34-13-9-17(7-11-28)10-14-34/h5-6,8,12,15-18H,1-4,7,9-10,13-14H2,(H,30,31,32,33). The fraction of sp³-hybridized carbons (Fsp3) is 0.423. The zero-order chi connectivity index (χ0) is 23.8. The first kappa shape index (κ1) is 21.7. The Labute approximate surface area is 202 Å². The van der Waals surface area contributed by atoms with Crippen LogP contribution in [0.2, 0.25) is 0 Å². The number of piperidine rings is 1. The molecular formula is C26H27FN8. The summed E-state index contributed by atoms with van der Waals surface area (Å²) < 4.78 is 16.8. The first-order valence-corrected chi connectivity index (χ1v) is 12.4. The topological polar surface area (TPSA) is 95.6 Å². The fourth-order valence-electron chi connectivity index (χ4n) is 5.59. The lowest BCUT2D eigenvalue weighted by atomic mass is 9.94. The van der Waals surface area contributed by atoms with Crippen molar-refractivity contribution in [2.45, 2.75) is 51.0 Å². The lowest BCUT2D eigenvalue weighted by Gasteiger charge is -2.32. The van der Waals surface area contributed by atoms with Gasteiger partial charge in [0.25, 0.3) is 0 Å². The van der Waals surface area contributed by atoms with Gasteiger partial charge in [0.15, 0.2) is 0 Å². The van der Waals surface area contributed by atoms with Crippen LogP contribution in [0.15, 0.2) is 36.8 Å². The minimum Gasteiger partial charge on any atom is -0.370 e. The molecule has 8 nitrogen and oxygen atoms in total. The Morgan fingerprint density at radius 3 is 2.57 bits per heavy atom. The normalized spacial score (nSPS) is 17.3. The van der Waals surface area contributed by atoms with Gasteiger partial charge in [0.2, 0.25) is 11.9 Å². The number of nitrogens with one attached hydrogen (secondary N) is 1. The van der Waals surface area contributed by atoms with Gasteiger partial charge in [0.1, 0.15) is 17.0 Å². The van der Waals surface area contributed by atoms with Crippen molar-refractivity contribution in [3.8, 4) is 6.07 Å². The van der Waals surface area contributed by atoms with Gasteiger partial charge in [-0.3, -0.25) is 0 Å². The number of aromatic nitrogens is 5. The minimum atomic E-state index is -0.462. The Bertz CT molecular complexity index is 1390. The number of fused-ring (bicyclic) bond motifs is 3. The van der Waals surface area contributed by atoms with Crippen molar-refractivity contribution in [3.05, 3.63) is 42.7 Å². The van der Waals surface area contributed by atoms with Crippen molar-refractivity contribution in [2.75, 3.05) is 23.3 Å². The molecule has 0 atom stereocenters. The molecule has 0 spiro atoms. The summed E-state index contributed by atoms with van der Waals surface area (Å²) in [6.45, 7) is 1.88. The van der Waals surface area contributed by atoms with Crippen LogP contribution in [0.4, 0.5) is 21.8 Å². The third kappa shape index (κ3) is 4.03. The van der Waals surface area contributed by atoms with Crippen LogP contribution in [-0.2, 0) is 0 Å². The number of anilines is 3. The fourth-order valence-corrected chi connectivity index (χ4v) is 5.59. The summed E-state index contributed by atoms with van der Waals surface area (Å²) in [4.78, 5) is 20.1. The van der Waals surface area contributed by atoms with Gasteiger partial charge in [-0.2, -0.15) is 14.6 Å². The van der Waals surface area contributed by atoms with Crippen LogP contribution < -0.4 is 10.2 Å². The third-order valence-electron chi connectivity index (χ3n) is 7.44. The molecule has 9 heteroatoms. The van der Waals surface area contributed by atoms with Crippen molar-refractivity contribution >= 4 is 39.4 Å². The summed E-state index contributed by atoms with van der Waals surface area (Å²) in [5, 5.41) is 13.8. The van der Waals surface area contributed by atoms with Crippen LogP contribution in [0.1, 0.15) is 51.0 Å². The number of halogens is 1. The van der Waals surface area contributed by atoms with Crippen molar-refractivity contribution < 1.29 is 4.39 Å². The highest BCUT2D eigenvalue weighted by Gasteiger charge is 2.25. The van der Waals surface area contributed by atoms with E-state index in [2.05, 4.69) is 37.3 Å². The summed E-state index contributed by atoms with van der Waals surface area (Å²) in [6.07, 6.45) is 12.1. The Morgan fingerprint density at radius 2 is 1.83 bits per heavy atom. The summed E-state index contributed by atoms with van der Waals surface area (Å²) in [6, 6.07) is 8.32. The zero-order valence-corrected chi connectivity index (χ0v) is 19.5. The molecule has 0 amide bonds. The van der Waals surface area contributed by atoms with Crippen LogP contribution in [0.5, 0.6) is 0 Å². The molecule has 1 N–H and O–H groups in total. The van der Waals surface area contributed by atoms with Gasteiger partial charge >= 0.3 is 0 Å². The molecule has 0 radical (unpaired) electrons. The lowest BCUT2D eigenvalue weighted by molar-refractivity contribution is 0.412. The van der Waals surface area contributed by atoms with Gasteiger partial charge in [-0.15, -0.1) is 0 Å². The smallest absolute Gasteiger partial charge is 0.237 e. The Morgan fingerprint density at radius 1 is 1.00 bits per heavy atom. The maximum absolute atomic E-state index is 14.8. The Balaban J connectivity index is 1.27. The van der Waals surface area contributed by atoms with Gasteiger partial charge in [-0.1, -0.05) is 12.8 Å². The molecular weight excluding hydrogens is 443 g/mol. The predicted octanol–water partition coefficient (Wildman–Crippen LogP) is 5.50. The number of pyridine rings is 2. The largest absolute Gasteiger partial charge is 0.370 e. The number of rotatable bonds is 5. The minimum absolute atomic E-state index is 0.214. The quantitative estimate of drug-likeness (QED) is 0.385. The maximum atomic E-state index is 14.8. The predicted molar refractivity (Wildman–Crippen MR) is 133 cm³/mol. The molecule has 5 heterocycles. The van der Waals surface area contributed by atoms with Gasteiger partial charge in [-0.05, 0) is 49.8 Å². The molecule has 4 aromatic heterocycles. The highest BCUT2D eigenvalue weighted by molar-refractivity contribution is 6.06. The number of hydrogen-bond donors (Lipinski definition) is 1. The highest BCUT2D eigenvalue weighted by atomic mass is 19.1. The molecule has 1 aliphatic carbocycles. The average molecular weight is 471 g/mol. The SMILES string of the molecule is N#CCC1CCN(c2ccc(Nc3ncc4c5ccnc(F)c5n(C5CCCC5)c4n3)nc2)CC1. The highest BCUT2D eigenvalue weighted by Crippen LogP contribution is 2.38. The molecule has 0 unspecified atom stereocenters. The van der Waals surface area contributed by atoms with Crippen molar-refractivity contribution in [1.82, 2.24) is 24.5 Å². The Hall–Kier alpha value is -3.80.